The lowest BCUT2D eigenvalue weighted by molar-refractivity contribution is -0.0660. The van der Waals surface area contributed by atoms with Crippen LogP contribution in [0.15, 0.2) is 24.5 Å². The van der Waals surface area contributed by atoms with Crippen molar-refractivity contribution in [2.24, 2.45) is 0 Å². The highest BCUT2D eigenvalue weighted by Crippen LogP contribution is 2.19. The van der Waals surface area contributed by atoms with Gasteiger partial charge in [0.15, 0.2) is 0 Å². The lowest BCUT2D eigenvalue weighted by Gasteiger charge is -2.22. The van der Waals surface area contributed by atoms with Crippen LogP contribution in [0.1, 0.15) is 10.4 Å². The largest absolute Gasteiger partial charge is 0.373 e. The second-order valence-electron chi connectivity index (χ2n) is 3.88. The predicted octanol–water partition coefficient (Wildman–Crippen LogP) is 1.19. The molecule has 0 aromatic carbocycles. The third-order valence-electron chi connectivity index (χ3n) is 2.44. The molecule has 4 nitrogen and oxygen atoms in total. The lowest BCUT2D eigenvalue weighted by Crippen LogP contribution is -2.41. The molecule has 0 saturated carbocycles. The van der Waals surface area contributed by atoms with Crippen molar-refractivity contribution in [2.45, 2.75) is 5.92 Å². The van der Waals surface area contributed by atoms with Crippen molar-refractivity contribution in [1.29, 1.82) is 0 Å². The third kappa shape index (κ3) is 2.97. The van der Waals surface area contributed by atoms with Crippen LogP contribution >= 0.6 is 0 Å². The van der Waals surface area contributed by atoms with Gasteiger partial charge in [-0.15, -0.1) is 0 Å². The fourth-order valence-electron chi connectivity index (χ4n) is 1.65. The zero-order valence-electron chi connectivity index (χ0n) is 9.10. The molecule has 0 bridgehead atoms. The second kappa shape index (κ2) is 4.75. The summed E-state index contributed by atoms with van der Waals surface area (Å²) in [5.41, 5.74) is 0.310. The highest BCUT2D eigenvalue weighted by molar-refractivity contribution is 5.93. The van der Waals surface area contributed by atoms with Gasteiger partial charge in [-0.2, -0.15) is 0 Å². The smallest absolute Gasteiger partial charge is 0.288 e. The van der Waals surface area contributed by atoms with E-state index in [1.54, 1.807) is 12.1 Å². The number of pyridine rings is 1. The van der Waals surface area contributed by atoms with Crippen molar-refractivity contribution in [3.8, 4) is 0 Å². The minimum Gasteiger partial charge on any atom is -0.373 e. The van der Waals surface area contributed by atoms with E-state index >= 15 is 0 Å². The Kier molecular flexibility index (Phi) is 3.33. The number of ether oxygens (including phenoxy) is 1. The van der Waals surface area contributed by atoms with E-state index in [0.29, 0.717) is 5.56 Å². The molecule has 2 rings (SSSR count). The average Bonchev–Trinajstić information content (AvgIpc) is 2.50. The number of hydrogen-bond acceptors (Lipinski definition) is 3. The van der Waals surface area contributed by atoms with Crippen LogP contribution < -0.4 is 0 Å². The summed E-state index contributed by atoms with van der Waals surface area (Å²) in [5, 5.41) is 0. The van der Waals surface area contributed by atoms with Gasteiger partial charge in [0.1, 0.15) is 6.61 Å². The lowest BCUT2D eigenvalue weighted by atomic mass is 10.2. The Morgan fingerprint density at radius 3 is 3.06 bits per heavy atom. The van der Waals surface area contributed by atoms with Crippen molar-refractivity contribution in [2.75, 3.05) is 26.3 Å². The van der Waals surface area contributed by atoms with Crippen LogP contribution in [-0.2, 0) is 4.74 Å². The summed E-state index contributed by atoms with van der Waals surface area (Å²) in [4.78, 5) is 16.8. The number of carbonyl (C=O) groups excluding carboxylic acids is 1. The summed E-state index contributed by atoms with van der Waals surface area (Å²) in [6.45, 7) is -0.949. The maximum absolute atomic E-state index is 13.3. The van der Waals surface area contributed by atoms with Crippen LogP contribution in [0.5, 0.6) is 0 Å². The van der Waals surface area contributed by atoms with Gasteiger partial charge in [0.05, 0.1) is 18.7 Å². The van der Waals surface area contributed by atoms with Gasteiger partial charge in [0, 0.05) is 18.9 Å². The van der Waals surface area contributed by atoms with Gasteiger partial charge >= 0.3 is 0 Å². The summed E-state index contributed by atoms with van der Waals surface area (Å²) in [6, 6.07) is 3.15. The Morgan fingerprint density at radius 2 is 2.35 bits per heavy atom. The van der Waals surface area contributed by atoms with Crippen molar-refractivity contribution in [3.63, 3.8) is 0 Å². The van der Waals surface area contributed by atoms with Gasteiger partial charge in [-0.1, -0.05) is 0 Å². The molecule has 92 valence electrons. The zero-order chi connectivity index (χ0) is 12.3. The molecule has 0 atom stereocenters. The number of halogens is 2. The summed E-state index contributed by atoms with van der Waals surface area (Å²) < 4.78 is 31.3. The third-order valence-corrected chi connectivity index (χ3v) is 2.44. The normalized spacial score (nSPS) is 19.8. The zero-order valence-corrected chi connectivity index (χ0v) is 9.10. The maximum atomic E-state index is 13.3. The van der Waals surface area contributed by atoms with E-state index in [1.807, 2.05) is 0 Å². The first-order valence-corrected chi connectivity index (χ1v) is 5.23. The number of rotatable bonds is 1. The minimum absolute atomic E-state index is 0.127. The van der Waals surface area contributed by atoms with E-state index in [-0.39, 0.29) is 13.2 Å². The Hall–Kier alpha value is -1.56. The highest BCUT2D eigenvalue weighted by Gasteiger charge is 2.36. The van der Waals surface area contributed by atoms with Crippen LogP contribution in [0, 0.1) is 0 Å². The van der Waals surface area contributed by atoms with E-state index in [9.17, 15) is 13.6 Å². The second-order valence-corrected chi connectivity index (χ2v) is 3.88. The van der Waals surface area contributed by atoms with E-state index in [4.69, 9.17) is 4.74 Å². The molecule has 2 heterocycles. The molecule has 1 saturated heterocycles. The van der Waals surface area contributed by atoms with E-state index < -0.39 is 25.0 Å². The van der Waals surface area contributed by atoms with Crippen LogP contribution in [0.25, 0.3) is 0 Å². The number of alkyl halides is 2. The molecule has 1 aromatic heterocycles. The Bertz CT molecular complexity index is 398. The first kappa shape index (κ1) is 11.9. The van der Waals surface area contributed by atoms with Crippen LogP contribution in [-0.4, -0.2) is 48.0 Å². The van der Waals surface area contributed by atoms with Gasteiger partial charge in [0.25, 0.3) is 11.8 Å². The molecule has 0 radical (unpaired) electrons. The van der Waals surface area contributed by atoms with Crippen molar-refractivity contribution < 1.29 is 18.3 Å². The molecule has 1 aliphatic heterocycles. The van der Waals surface area contributed by atoms with E-state index in [0.717, 1.165) is 4.90 Å². The fourth-order valence-corrected chi connectivity index (χ4v) is 1.65. The van der Waals surface area contributed by atoms with Crippen molar-refractivity contribution in [3.05, 3.63) is 30.1 Å². The molecular formula is C11H12F2N2O2. The molecule has 0 unspecified atom stereocenters. The van der Waals surface area contributed by atoms with E-state index in [1.165, 1.54) is 12.4 Å². The summed E-state index contributed by atoms with van der Waals surface area (Å²) in [5.74, 6) is -3.43. The average molecular weight is 242 g/mol. The fraction of sp³-hybridized carbons (Fsp3) is 0.455. The molecule has 17 heavy (non-hydrogen) atoms. The quantitative estimate of drug-likeness (QED) is 0.743. The Balaban J connectivity index is 2.13. The van der Waals surface area contributed by atoms with Crippen LogP contribution in [0.4, 0.5) is 8.78 Å². The monoisotopic (exact) mass is 242 g/mol. The standard InChI is InChI=1S/C11H12F2N2O2/c12-11(13)7-15(4-5-17-8-11)10(16)9-2-1-3-14-6-9/h1-3,6H,4-5,7-8H2. The van der Waals surface area contributed by atoms with Gasteiger partial charge in [0.2, 0.25) is 0 Å². The number of amides is 1. The van der Waals surface area contributed by atoms with Crippen molar-refractivity contribution >= 4 is 5.91 Å². The first-order valence-electron chi connectivity index (χ1n) is 5.23. The van der Waals surface area contributed by atoms with Gasteiger partial charge in [-0.3, -0.25) is 9.78 Å². The summed E-state index contributed by atoms with van der Waals surface area (Å²) >= 11 is 0. The summed E-state index contributed by atoms with van der Waals surface area (Å²) in [7, 11) is 0. The molecule has 1 amide bonds. The number of aromatic nitrogens is 1. The van der Waals surface area contributed by atoms with Gasteiger partial charge in [-0.05, 0) is 12.1 Å². The molecular weight excluding hydrogens is 230 g/mol. The number of carbonyl (C=O) groups is 1. The molecule has 1 aliphatic rings. The van der Waals surface area contributed by atoms with Gasteiger partial charge in [-0.25, -0.2) is 8.78 Å². The molecule has 1 fully saturated rings. The summed E-state index contributed by atoms with van der Waals surface area (Å²) in [6.07, 6.45) is 2.89. The van der Waals surface area contributed by atoms with Crippen molar-refractivity contribution in [1.82, 2.24) is 9.88 Å². The van der Waals surface area contributed by atoms with Crippen LogP contribution in [0.3, 0.4) is 0 Å². The van der Waals surface area contributed by atoms with Gasteiger partial charge < -0.3 is 9.64 Å². The molecule has 0 N–H and O–H groups in total. The molecule has 6 heteroatoms. The molecule has 0 aliphatic carbocycles. The van der Waals surface area contributed by atoms with Crippen LogP contribution in [0.2, 0.25) is 0 Å². The predicted molar refractivity (Wildman–Crippen MR) is 55.9 cm³/mol. The minimum atomic E-state index is -2.99. The SMILES string of the molecule is O=C(c1cccnc1)N1CCOCC(F)(F)C1. The highest BCUT2D eigenvalue weighted by atomic mass is 19.3. The Labute approximate surface area is 97.2 Å². The number of nitrogens with zero attached hydrogens (tertiary/aromatic N) is 2. The molecule has 0 spiro atoms. The van der Waals surface area contributed by atoms with E-state index in [2.05, 4.69) is 4.98 Å². The maximum Gasteiger partial charge on any atom is 0.288 e. The number of hydrogen-bond donors (Lipinski definition) is 0. The first-order chi connectivity index (χ1) is 8.08. The molecule has 1 aromatic rings. The Morgan fingerprint density at radius 1 is 1.53 bits per heavy atom. The topological polar surface area (TPSA) is 42.4 Å².